The minimum Gasteiger partial charge on any atom is -0.280 e. The maximum Gasteiger partial charge on any atom is 0.466 e. The number of hydrogen-bond acceptors (Lipinski definition) is 5. The van der Waals surface area contributed by atoms with Gasteiger partial charge in [-0.1, -0.05) is 6.08 Å². The molecular formula is C8H4ClF3N2O5. The Morgan fingerprint density at radius 1 is 1.37 bits per heavy atom. The van der Waals surface area contributed by atoms with Gasteiger partial charge in [-0.25, -0.2) is 0 Å². The molecule has 2 unspecified atom stereocenters. The summed E-state index contributed by atoms with van der Waals surface area (Å²) >= 11 is 4.91. The molecule has 19 heavy (non-hydrogen) atoms. The molecule has 1 aliphatic carbocycles. The van der Waals surface area contributed by atoms with Crippen molar-refractivity contribution < 1.29 is 27.8 Å². The first-order chi connectivity index (χ1) is 8.55. The fraction of sp³-hybridized carbons (Fsp3) is 0.375. The maximum atomic E-state index is 12.9. The van der Waals surface area contributed by atoms with Crippen molar-refractivity contribution in [1.82, 2.24) is 0 Å². The highest BCUT2D eigenvalue weighted by atomic mass is 35.5. The quantitative estimate of drug-likeness (QED) is 0.448. The Labute approximate surface area is 107 Å². The van der Waals surface area contributed by atoms with Crippen molar-refractivity contribution >= 4 is 16.8 Å². The molecule has 0 saturated heterocycles. The van der Waals surface area contributed by atoms with Gasteiger partial charge in [0, 0.05) is 17.1 Å². The lowest BCUT2D eigenvalue weighted by Gasteiger charge is -2.29. The molecule has 2 atom stereocenters. The lowest BCUT2D eigenvalue weighted by Crippen LogP contribution is -2.59. The first-order valence-corrected chi connectivity index (χ1v) is 4.88. The Kier molecular flexibility index (Phi) is 3.66. The van der Waals surface area contributed by atoms with Crippen LogP contribution < -0.4 is 0 Å². The summed E-state index contributed by atoms with van der Waals surface area (Å²) in [6, 6.07) is 0. The SMILES string of the molecule is O=C(Cl)C1C([N+](=O)[O-])=CC=CC1([N+](=O)[O-])C(F)(F)F. The van der Waals surface area contributed by atoms with E-state index in [1.165, 1.54) is 0 Å². The molecule has 0 heterocycles. The van der Waals surface area contributed by atoms with E-state index in [0.717, 1.165) is 0 Å². The highest BCUT2D eigenvalue weighted by Gasteiger charge is 2.74. The van der Waals surface area contributed by atoms with Crippen molar-refractivity contribution in [2.24, 2.45) is 5.92 Å². The molecule has 104 valence electrons. The van der Waals surface area contributed by atoms with Crippen molar-refractivity contribution in [2.75, 3.05) is 0 Å². The van der Waals surface area contributed by atoms with Gasteiger partial charge < -0.3 is 0 Å². The van der Waals surface area contributed by atoms with Crippen LogP contribution in [0.15, 0.2) is 23.9 Å². The Morgan fingerprint density at radius 2 is 1.89 bits per heavy atom. The molecule has 1 aliphatic rings. The number of nitro groups is 2. The summed E-state index contributed by atoms with van der Waals surface area (Å²) in [6.07, 6.45) is -4.38. The van der Waals surface area contributed by atoms with Gasteiger partial charge in [0.1, 0.15) is 0 Å². The van der Waals surface area contributed by atoms with Crippen LogP contribution in [-0.4, -0.2) is 26.8 Å². The van der Waals surface area contributed by atoms with E-state index < -0.39 is 38.4 Å². The monoisotopic (exact) mass is 300 g/mol. The van der Waals surface area contributed by atoms with Gasteiger partial charge in [0.05, 0.1) is 4.92 Å². The number of halogens is 4. The van der Waals surface area contributed by atoms with Crippen LogP contribution >= 0.6 is 11.6 Å². The van der Waals surface area contributed by atoms with E-state index in [0.29, 0.717) is 12.2 Å². The fourth-order valence-corrected chi connectivity index (χ4v) is 1.97. The van der Waals surface area contributed by atoms with Gasteiger partial charge in [0.2, 0.25) is 11.2 Å². The smallest absolute Gasteiger partial charge is 0.280 e. The molecule has 0 amide bonds. The third kappa shape index (κ3) is 2.18. The van der Waals surface area contributed by atoms with E-state index in [9.17, 15) is 38.2 Å². The second kappa shape index (κ2) is 4.61. The molecule has 0 aromatic carbocycles. The van der Waals surface area contributed by atoms with Crippen LogP contribution in [0.4, 0.5) is 13.2 Å². The lowest BCUT2D eigenvalue weighted by molar-refractivity contribution is -0.609. The predicted octanol–water partition coefficient (Wildman–Crippen LogP) is 1.68. The van der Waals surface area contributed by atoms with Crippen LogP contribution in [0.2, 0.25) is 0 Å². The van der Waals surface area contributed by atoms with Gasteiger partial charge in [-0.3, -0.25) is 25.0 Å². The zero-order valence-corrected chi connectivity index (χ0v) is 9.51. The second-order valence-electron chi connectivity index (χ2n) is 3.53. The van der Waals surface area contributed by atoms with Gasteiger partial charge in [-0.2, -0.15) is 13.2 Å². The predicted molar refractivity (Wildman–Crippen MR) is 54.3 cm³/mol. The molecule has 0 N–H and O–H groups in total. The summed E-state index contributed by atoms with van der Waals surface area (Å²) in [5.74, 6) is -2.75. The maximum absolute atomic E-state index is 12.9. The van der Waals surface area contributed by atoms with Crippen LogP contribution in [0.25, 0.3) is 0 Å². The van der Waals surface area contributed by atoms with Gasteiger partial charge in [-0.05, 0) is 11.6 Å². The van der Waals surface area contributed by atoms with Gasteiger partial charge in [0.25, 0.3) is 5.70 Å². The Balaban J connectivity index is 3.61. The van der Waals surface area contributed by atoms with Crippen molar-refractivity contribution in [3.8, 4) is 0 Å². The molecule has 0 bridgehead atoms. The number of rotatable bonds is 3. The molecule has 0 fully saturated rings. The standard InChI is InChI=1S/C8H4ClF3N2O5/c9-6(15)5-4(13(16)17)2-1-3-7(5,14(18)19)8(10,11)12/h1-3,5H. The van der Waals surface area contributed by atoms with Crippen molar-refractivity contribution in [3.63, 3.8) is 0 Å². The number of carbonyl (C=O) groups excluding carboxylic acids is 1. The average Bonchev–Trinajstić information content (AvgIpc) is 2.25. The average molecular weight is 301 g/mol. The van der Waals surface area contributed by atoms with Crippen LogP contribution in [0, 0.1) is 26.1 Å². The molecule has 0 aromatic rings. The summed E-state index contributed by atoms with van der Waals surface area (Å²) in [7, 11) is 0. The second-order valence-corrected chi connectivity index (χ2v) is 3.90. The summed E-state index contributed by atoms with van der Waals surface area (Å²) < 4.78 is 38.8. The topological polar surface area (TPSA) is 103 Å². The highest BCUT2D eigenvalue weighted by molar-refractivity contribution is 6.64. The van der Waals surface area contributed by atoms with E-state index >= 15 is 0 Å². The molecule has 0 aliphatic heterocycles. The summed E-state index contributed by atoms with van der Waals surface area (Å²) in [5, 5.41) is 19.6. The number of nitrogens with zero attached hydrogens (tertiary/aromatic N) is 2. The van der Waals surface area contributed by atoms with Crippen LogP contribution in [-0.2, 0) is 4.79 Å². The Hall–Kier alpha value is -1.97. The van der Waals surface area contributed by atoms with Crippen LogP contribution in [0.1, 0.15) is 0 Å². The fourth-order valence-electron chi connectivity index (χ4n) is 1.69. The number of alkyl halides is 3. The van der Waals surface area contributed by atoms with Crippen molar-refractivity contribution in [3.05, 3.63) is 44.2 Å². The van der Waals surface area contributed by atoms with Gasteiger partial charge in [-0.15, -0.1) is 0 Å². The molecule has 11 heteroatoms. The van der Waals surface area contributed by atoms with Gasteiger partial charge in [0.15, 0.2) is 0 Å². The largest absolute Gasteiger partial charge is 0.466 e. The van der Waals surface area contributed by atoms with Gasteiger partial charge >= 0.3 is 11.7 Å². The molecule has 0 spiro atoms. The number of hydrogen-bond donors (Lipinski definition) is 0. The molecule has 0 aromatic heterocycles. The van der Waals surface area contributed by atoms with E-state index in [2.05, 4.69) is 0 Å². The lowest BCUT2D eigenvalue weighted by atomic mass is 9.79. The summed E-state index contributed by atoms with van der Waals surface area (Å²) in [5.41, 5.74) is -5.22. The zero-order valence-electron chi connectivity index (χ0n) is 8.76. The molecule has 0 saturated carbocycles. The molecule has 7 nitrogen and oxygen atoms in total. The Morgan fingerprint density at radius 3 is 2.21 bits per heavy atom. The minimum atomic E-state index is -5.53. The van der Waals surface area contributed by atoms with Crippen LogP contribution in [0.3, 0.4) is 0 Å². The molecular weight excluding hydrogens is 297 g/mol. The number of allylic oxidation sites excluding steroid dienone is 2. The zero-order chi connectivity index (χ0) is 15.0. The number of carbonyl (C=O) groups is 1. The van der Waals surface area contributed by atoms with Crippen molar-refractivity contribution in [1.29, 1.82) is 0 Å². The summed E-state index contributed by atoms with van der Waals surface area (Å²) in [4.78, 5) is 29.3. The van der Waals surface area contributed by atoms with E-state index in [1.54, 1.807) is 0 Å². The van der Waals surface area contributed by atoms with Crippen molar-refractivity contribution in [2.45, 2.75) is 11.7 Å². The molecule has 1 rings (SSSR count). The van der Waals surface area contributed by atoms with E-state index in [-0.39, 0.29) is 6.08 Å². The third-order valence-corrected chi connectivity index (χ3v) is 2.77. The van der Waals surface area contributed by atoms with E-state index in [4.69, 9.17) is 11.6 Å². The van der Waals surface area contributed by atoms with Crippen LogP contribution in [0.5, 0.6) is 0 Å². The minimum absolute atomic E-state index is 0.0744. The first kappa shape index (κ1) is 15.1. The normalized spacial score (nSPS) is 26.7. The van der Waals surface area contributed by atoms with E-state index in [1.807, 2.05) is 0 Å². The third-order valence-electron chi connectivity index (χ3n) is 2.55. The first-order valence-electron chi connectivity index (χ1n) is 4.50. The Bertz CT molecular complexity index is 515. The highest BCUT2D eigenvalue weighted by Crippen LogP contribution is 2.45. The summed E-state index contributed by atoms with van der Waals surface area (Å²) in [6.45, 7) is 0. The molecule has 0 radical (unpaired) electrons.